The van der Waals surface area contributed by atoms with Crippen molar-refractivity contribution in [2.45, 2.75) is 157 Å². The average molecular weight is 1890 g/mol. The third kappa shape index (κ3) is 20.2. The number of amides is 4. The number of carbonyl (C=O) groups is 4. The van der Waals surface area contributed by atoms with Crippen molar-refractivity contribution in [3.63, 3.8) is 0 Å². The molecule has 0 bridgehead atoms. The SMILES string of the molecule is CNc1cc(Nc2cc(Cl)cn(C3CCN(C)CC3)c2=O)nc2c(C(=O)N[C@@H]3CC[C@H]3O)cnn12.CNc1cc(Nc2cccn(-c3ccc(F)cn3)c2=O)nc2c(C(=O)N[C@H]3CC[C@@H]3OC)cnn12.CNc1cc(Nc2cccn(-c3cccnc3)c2=O)nc2c(C(=O)N[C@H]3CC[C@@H]3OC)cnn12.CNc1cc(Nc2cccn(C3CCCCC3)c2=O)nc2c(C(=O)N[C@@H]3CC[C@H]3O)cnn12. The Morgan fingerprint density at radius 2 is 0.832 bits per heavy atom. The van der Waals surface area contributed by atoms with Gasteiger partial charge in [-0.3, -0.25) is 52.5 Å². The third-order valence-corrected chi connectivity index (χ3v) is 25.7. The lowest BCUT2D eigenvalue weighted by molar-refractivity contribution is 0.00731. The number of nitrogens with one attached hydrogen (secondary N) is 12. The van der Waals surface area contributed by atoms with Crippen LogP contribution in [0.2, 0.25) is 5.02 Å². The number of aliphatic hydroxyl groups is 2. The van der Waals surface area contributed by atoms with E-state index in [1.54, 1.807) is 154 Å². The molecule has 14 N–H and O–H groups in total. The molecule has 15 heterocycles. The summed E-state index contributed by atoms with van der Waals surface area (Å²) in [5.41, 5.74) is 3.60. The van der Waals surface area contributed by atoms with Crippen LogP contribution in [0.15, 0.2) is 178 Å². The number of halogens is 2. The number of aliphatic hydroxyl groups excluding tert-OH is 2. The Labute approximate surface area is 786 Å². The van der Waals surface area contributed by atoms with Gasteiger partial charge in [0.2, 0.25) is 0 Å². The molecular weight excluding hydrogens is 1790 g/mol. The number of methoxy groups -OCH3 is 2. The van der Waals surface area contributed by atoms with Crippen LogP contribution in [0.1, 0.15) is 150 Å². The topological polar surface area (TPSA) is 509 Å². The number of likely N-dealkylation sites (tertiary alicyclic amines) is 1. The van der Waals surface area contributed by atoms with Gasteiger partial charge in [0.15, 0.2) is 22.6 Å². The molecule has 8 atom stereocenters. The van der Waals surface area contributed by atoms with Crippen molar-refractivity contribution < 1.29 is 43.3 Å². The predicted octanol–water partition coefficient (Wildman–Crippen LogP) is 8.36. The van der Waals surface area contributed by atoms with Crippen molar-refractivity contribution in [1.29, 1.82) is 0 Å². The zero-order valence-electron chi connectivity index (χ0n) is 76.0. The molecule has 5 saturated carbocycles. The van der Waals surface area contributed by atoms with Crippen molar-refractivity contribution >= 4 is 127 Å². The summed E-state index contributed by atoms with van der Waals surface area (Å²) in [6.07, 6.45) is 29.5. The van der Waals surface area contributed by atoms with Crippen LogP contribution in [-0.4, -0.2) is 237 Å². The number of pyridine rings is 6. The Bertz CT molecular complexity index is 7050. The average Bonchev–Trinajstić information content (AvgIpc) is 1.68. The first-order chi connectivity index (χ1) is 66.4. The smallest absolute Gasteiger partial charge is 0.279 e. The maximum absolute atomic E-state index is 13.3. The first-order valence-electron chi connectivity index (χ1n) is 45.2. The highest BCUT2D eigenvalue weighted by atomic mass is 35.5. The first kappa shape index (κ1) is 93.7. The number of aromatic nitrogens is 18. The van der Waals surface area contributed by atoms with Crippen LogP contribution in [0.5, 0.6) is 0 Å². The summed E-state index contributed by atoms with van der Waals surface area (Å²) in [6.45, 7) is 1.83. The number of fused-ring (bicyclic) bond motifs is 4. The van der Waals surface area contributed by atoms with Gasteiger partial charge in [0.25, 0.3) is 45.9 Å². The van der Waals surface area contributed by atoms with Crippen LogP contribution >= 0.6 is 11.6 Å². The minimum absolute atomic E-state index is 0.00491. The molecule has 1 saturated heterocycles. The lowest BCUT2D eigenvalue weighted by Crippen LogP contribution is -2.51. The number of hydrogen-bond acceptors (Lipinski definition) is 31. The predicted molar refractivity (Wildman–Crippen MR) is 513 cm³/mol. The van der Waals surface area contributed by atoms with Crippen molar-refractivity contribution in [2.75, 3.05) is 105 Å². The molecule has 137 heavy (non-hydrogen) atoms. The lowest BCUT2D eigenvalue weighted by Gasteiger charge is -2.35. The molecule has 14 aromatic heterocycles. The summed E-state index contributed by atoms with van der Waals surface area (Å²) >= 11 is 6.39. The highest BCUT2D eigenvalue weighted by molar-refractivity contribution is 6.30. The zero-order valence-corrected chi connectivity index (χ0v) is 76.8. The van der Waals surface area contributed by atoms with Gasteiger partial charge in [-0.15, -0.1) is 0 Å². The molecule has 6 aliphatic rings. The molecule has 0 radical (unpaired) electrons. The fourth-order valence-electron chi connectivity index (χ4n) is 17.2. The summed E-state index contributed by atoms with van der Waals surface area (Å²) in [5, 5.41) is 73.5. The van der Waals surface area contributed by atoms with E-state index >= 15 is 0 Å². The molecule has 6 fully saturated rings. The van der Waals surface area contributed by atoms with Crippen LogP contribution in [0.25, 0.3) is 34.1 Å². The van der Waals surface area contributed by atoms with Crippen LogP contribution < -0.4 is 86.0 Å². The van der Waals surface area contributed by atoms with Gasteiger partial charge in [0, 0.05) is 110 Å². The van der Waals surface area contributed by atoms with Gasteiger partial charge in [-0.05, 0) is 164 Å². The van der Waals surface area contributed by atoms with Crippen molar-refractivity contribution in [3.05, 3.63) is 234 Å². The van der Waals surface area contributed by atoms with Crippen LogP contribution in [-0.2, 0) is 9.47 Å². The zero-order chi connectivity index (χ0) is 95.8. The monoisotopic (exact) mass is 1890 g/mol. The Kier molecular flexibility index (Phi) is 28.3. The molecule has 43 nitrogen and oxygen atoms in total. The summed E-state index contributed by atoms with van der Waals surface area (Å²) in [5.74, 6) is 2.41. The van der Waals surface area contributed by atoms with Gasteiger partial charge in [-0.2, -0.15) is 38.5 Å². The van der Waals surface area contributed by atoms with E-state index in [-0.39, 0.29) is 106 Å². The highest BCUT2D eigenvalue weighted by Crippen LogP contribution is 2.34. The van der Waals surface area contributed by atoms with E-state index in [2.05, 4.69) is 126 Å². The molecule has 0 aromatic carbocycles. The van der Waals surface area contributed by atoms with Gasteiger partial charge in [0.1, 0.15) is 103 Å². The molecule has 0 spiro atoms. The molecule has 1 aliphatic heterocycles. The largest absolute Gasteiger partial charge is 0.391 e. The Morgan fingerprint density at radius 1 is 0.431 bits per heavy atom. The van der Waals surface area contributed by atoms with Gasteiger partial charge >= 0.3 is 0 Å². The van der Waals surface area contributed by atoms with Crippen LogP contribution in [0.3, 0.4) is 0 Å². The van der Waals surface area contributed by atoms with E-state index in [9.17, 15) is 53.0 Å². The lowest BCUT2D eigenvalue weighted by atomic mass is 9.89. The second kappa shape index (κ2) is 41.4. The number of ether oxygens (including phenoxy) is 2. The molecule has 0 unspecified atom stereocenters. The van der Waals surface area contributed by atoms with Crippen molar-refractivity contribution in [2.24, 2.45) is 0 Å². The van der Waals surface area contributed by atoms with Crippen molar-refractivity contribution in [1.82, 2.24) is 113 Å². The van der Waals surface area contributed by atoms with Crippen LogP contribution in [0, 0.1) is 5.82 Å². The van der Waals surface area contributed by atoms with Crippen LogP contribution in [0.4, 0.5) is 73.7 Å². The number of piperidine rings is 1. The number of anilines is 12. The maximum atomic E-state index is 13.3. The summed E-state index contributed by atoms with van der Waals surface area (Å²) in [6, 6.07) is 24.6. The van der Waals surface area contributed by atoms with Crippen molar-refractivity contribution in [3.8, 4) is 11.5 Å². The molecule has 14 aromatic rings. The summed E-state index contributed by atoms with van der Waals surface area (Å²) in [7, 11) is 12.3. The normalized spacial score (nSPS) is 19.1. The summed E-state index contributed by atoms with van der Waals surface area (Å²) in [4.78, 5) is 133. The van der Waals surface area contributed by atoms with Gasteiger partial charge < -0.3 is 97.5 Å². The fraction of sp³-hybridized carbons (Fsp3) is 0.370. The number of hydrogen-bond donors (Lipinski definition) is 14. The van der Waals surface area contributed by atoms with E-state index in [0.29, 0.717) is 126 Å². The first-order valence-corrected chi connectivity index (χ1v) is 45.6. The maximum Gasteiger partial charge on any atom is 0.279 e. The summed E-state index contributed by atoms with van der Waals surface area (Å²) < 4.78 is 36.4. The Morgan fingerprint density at radius 3 is 1.22 bits per heavy atom. The molecule has 20 rings (SSSR count). The molecule has 5 aliphatic carbocycles. The number of nitrogens with zero attached hydrogens (tertiary/aromatic N) is 19. The molecular formula is C92H105ClFN31O12. The Hall–Kier alpha value is -15.1. The minimum atomic E-state index is -0.534. The molecule has 45 heteroatoms. The van der Waals surface area contributed by atoms with E-state index in [0.717, 1.165) is 96.3 Å². The van der Waals surface area contributed by atoms with Gasteiger partial charge in [-0.1, -0.05) is 30.9 Å². The van der Waals surface area contributed by atoms with E-state index < -0.39 is 23.6 Å². The van der Waals surface area contributed by atoms with E-state index in [1.807, 2.05) is 16.8 Å². The van der Waals surface area contributed by atoms with Gasteiger partial charge in [-0.25, -0.2) is 29.3 Å². The number of rotatable bonds is 26. The molecule has 714 valence electrons. The third-order valence-electron chi connectivity index (χ3n) is 25.5. The Balaban J connectivity index is 0.000000127. The standard InChI is InChI=1S/C23H29ClN8O3.C23H23FN8O3.C23H24N8O3.C23H29N7O3/c1-25-20-10-19(29-21-15(11-26-32(20)21)22(34)28-16-3-4-18(16)33)27-17-9-13(24)12-31(23(17)35)14-5-7-30(2)8-6-14;1-25-20-10-18(28-16-4-3-9-31(23(16)34)19-8-5-13(24)11-26-19)30-21-14(12-27-32(20)21)22(33)29-15-6-7-17(15)35-2;1-24-20-11-19(27-17-6-4-10-30(23(17)33)14-5-3-9-25-12-14)29-21-15(13-26-31(20)21)22(32)28-16-7-8-18(16)34-2;1-24-20-12-19(26-17-8-5-11-29(23(17)33)14-6-3-2-4-7-14)28-21-15(13-25-30(20)21)22(32)27-16-9-10-18(16)31/h9-12,14,16,18,25,33H,3-8H2,1-2H3,(H,27,29)(H,28,34);3-5,8-12,15,17,25H,6-7H2,1-2H3,(H,28,30)(H,29,33);3-6,9-13,16,18,24H,7-8H2,1-2H3,(H,27,29)(H,28,32);5,8,11-14,16,18,24,31H,2-4,6-7,9-10H2,1H3,(H,26,28)(H,27,32)/t16-,18-;15-,17-;2*16-,18-/m1001/s1. The van der Waals surface area contributed by atoms with E-state index in [1.165, 1.54) is 67.7 Å². The van der Waals surface area contributed by atoms with Gasteiger partial charge in [0.05, 0.1) is 96.5 Å². The minimum Gasteiger partial charge on any atom is -0.391 e. The second-order valence-corrected chi connectivity index (χ2v) is 34.5. The number of carbonyl (C=O) groups excluding carboxylic acids is 4. The molecule has 4 amide bonds. The quantitative estimate of drug-likeness (QED) is 0.0242. The highest BCUT2D eigenvalue weighted by Gasteiger charge is 2.37. The van der Waals surface area contributed by atoms with E-state index in [4.69, 9.17) is 21.1 Å². The fourth-order valence-corrected chi connectivity index (χ4v) is 17.4. The second-order valence-electron chi connectivity index (χ2n) is 34.1.